The van der Waals surface area contributed by atoms with Crippen LogP contribution >= 0.6 is 0 Å². The van der Waals surface area contributed by atoms with Gasteiger partial charge in [0.2, 0.25) is 5.91 Å². The maximum Gasteiger partial charge on any atom is 0.224 e. The summed E-state index contributed by atoms with van der Waals surface area (Å²) in [5.74, 6) is 0.0768. The zero-order valence-corrected chi connectivity index (χ0v) is 11.7. The lowest BCUT2D eigenvalue weighted by atomic mass is 10.00. The molecule has 2 aliphatic rings. The van der Waals surface area contributed by atoms with E-state index in [1.54, 1.807) is 0 Å². The molecule has 1 aromatic rings. The molecule has 2 heterocycles. The summed E-state index contributed by atoms with van der Waals surface area (Å²) >= 11 is 0. The lowest BCUT2D eigenvalue weighted by molar-refractivity contribution is -0.116. The van der Waals surface area contributed by atoms with E-state index in [0.29, 0.717) is 12.5 Å². The molecule has 3 rings (SSSR count). The van der Waals surface area contributed by atoms with Gasteiger partial charge >= 0.3 is 0 Å². The highest BCUT2D eigenvalue weighted by atomic mass is 16.5. The summed E-state index contributed by atoms with van der Waals surface area (Å²) in [6.45, 7) is 2.87. The number of amides is 1. The third-order valence-electron chi connectivity index (χ3n) is 4.02. The SMILES string of the molecule is CC1CC(Nc2cc3c(cc2N)CCC(=O)N3)CCO1. The highest BCUT2D eigenvalue weighted by Crippen LogP contribution is 2.32. The zero-order chi connectivity index (χ0) is 14.1. The number of hydrogen-bond donors (Lipinski definition) is 3. The van der Waals surface area contributed by atoms with Crippen molar-refractivity contribution in [2.75, 3.05) is 23.0 Å². The number of aryl methyl sites for hydroxylation is 1. The van der Waals surface area contributed by atoms with Gasteiger partial charge in [-0.15, -0.1) is 0 Å². The molecule has 0 spiro atoms. The first-order chi connectivity index (χ1) is 9.61. The molecule has 5 nitrogen and oxygen atoms in total. The molecule has 2 unspecified atom stereocenters. The van der Waals surface area contributed by atoms with Crippen molar-refractivity contribution in [2.45, 2.75) is 44.8 Å². The van der Waals surface area contributed by atoms with Crippen LogP contribution < -0.4 is 16.4 Å². The number of benzene rings is 1. The summed E-state index contributed by atoms with van der Waals surface area (Å²) in [6.07, 6.45) is 3.53. The van der Waals surface area contributed by atoms with Gasteiger partial charge in [0.05, 0.1) is 17.5 Å². The van der Waals surface area contributed by atoms with E-state index in [4.69, 9.17) is 10.5 Å². The maximum atomic E-state index is 11.5. The third-order valence-corrected chi connectivity index (χ3v) is 4.02. The molecule has 2 atom stereocenters. The van der Waals surface area contributed by atoms with Gasteiger partial charge in [0.15, 0.2) is 0 Å². The molecule has 0 aliphatic carbocycles. The normalized spacial score (nSPS) is 25.8. The molecule has 108 valence electrons. The van der Waals surface area contributed by atoms with Crippen LogP contribution in [0.1, 0.15) is 31.7 Å². The van der Waals surface area contributed by atoms with Crippen molar-refractivity contribution in [2.24, 2.45) is 0 Å². The Morgan fingerprint density at radius 3 is 3.05 bits per heavy atom. The molecule has 5 heteroatoms. The molecular formula is C15H21N3O2. The number of carbonyl (C=O) groups excluding carboxylic acids is 1. The van der Waals surface area contributed by atoms with Crippen LogP contribution in [-0.4, -0.2) is 24.7 Å². The Morgan fingerprint density at radius 1 is 1.40 bits per heavy atom. The highest BCUT2D eigenvalue weighted by Gasteiger charge is 2.21. The van der Waals surface area contributed by atoms with Crippen LogP contribution in [-0.2, 0) is 16.0 Å². The van der Waals surface area contributed by atoms with Gasteiger partial charge in [0.1, 0.15) is 0 Å². The van der Waals surface area contributed by atoms with Crippen LogP contribution in [0.3, 0.4) is 0 Å². The minimum absolute atomic E-state index is 0.0768. The molecule has 1 aromatic carbocycles. The van der Waals surface area contributed by atoms with E-state index in [2.05, 4.69) is 17.6 Å². The molecular weight excluding hydrogens is 254 g/mol. The van der Waals surface area contributed by atoms with Gasteiger partial charge in [-0.2, -0.15) is 0 Å². The van der Waals surface area contributed by atoms with Gasteiger partial charge < -0.3 is 21.1 Å². The molecule has 1 saturated heterocycles. The highest BCUT2D eigenvalue weighted by molar-refractivity contribution is 5.95. The molecule has 0 bridgehead atoms. The Hall–Kier alpha value is -1.75. The fraction of sp³-hybridized carbons (Fsp3) is 0.533. The first-order valence-electron chi connectivity index (χ1n) is 7.22. The number of anilines is 3. The minimum atomic E-state index is 0.0768. The molecule has 0 aromatic heterocycles. The summed E-state index contributed by atoms with van der Waals surface area (Å²) in [5.41, 5.74) is 9.79. The number of nitrogens with one attached hydrogen (secondary N) is 2. The van der Waals surface area contributed by atoms with Gasteiger partial charge in [-0.25, -0.2) is 0 Å². The second kappa shape index (κ2) is 5.32. The molecule has 0 radical (unpaired) electrons. The van der Waals surface area contributed by atoms with E-state index in [1.165, 1.54) is 0 Å². The largest absolute Gasteiger partial charge is 0.397 e. The fourth-order valence-electron chi connectivity index (χ4n) is 2.92. The summed E-state index contributed by atoms with van der Waals surface area (Å²) in [7, 11) is 0. The van der Waals surface area contributed by atoms with Crippen LogP contribution in [0.5, 0.6) is 0 Å². The van der Waals surface area contributed by atoms with Crippen molar-refractivity contribution < 1.29 is 9.53 Å². The van der Waals surface area contributed by atoms with Crippen molar-refractivity contribution in [3.8, 4) is 0 Å². The average Bonchev–Trinajstić information content (AvgIpc) is 2.40. The zero-order valence-electron chi connectivity index (χ0n) is 11.7. The van der Waals surface area contributed by atoms with Crippen LogP contribution in [0.4, 0.5) is 17.1 Å². The Labute approximate surface area is 118 Å². The monoisotopic (exact) mass is 275 g/mol. The summed E-state index contributed by atoms with van der Waals surface area (Å²) in [5, 5.41) is 6.40. The number of fused-ring (bicyclic) bond motifs is 1. The number of carbonyl (C=O) groups is 1. The Bertz CT molecular complexity index is 530. The fourth-order valence-corrected chi connectivity index (χ4v) is 2.92. The maximum absolute atomic E-state index is 11.5. The Morgan fingerprint density at radius 2 is 2.25 bits per heavy atom. The van der Waals surface area contributed by atoms with E-state index in [-0.39, 0.29) is 12.0 Å². The second-order valence-corrected chi connectivity index (χ2v) is 5.69. The topological polar surface area (TPSA) is 76.4 Å². The number of ether oxygens (including phenoxy) is 1. The van der Waals surface area contributed by atoms with Crippen LogP contribution in [0, 0.1) is 0 Å². The summed E-state index contributed by atoms with van der Waals surface area (Å²) < 4.78 is 5.55. The number of nitrogen functional groups attached to an aromatic ring is 1. The van der Waals surface area contributed by atoms with Crippen molar-refractivity contribution >= 4 is 23.0 Å². The van der Waals surface area contributed by atoms with Crippen LogP contribution in [0.2, 0.25) is 0 Å². The molecule has 20 heavy (non-hydrogen) atoms. The van der Waals surface area contributed by atoms with Gasteiger partial charge in [-0.05, 0) is 43.9 Å². The van der Waals surface area contributed by atoms with Crippen molar-refractivity contribution in [3.05, 3.63) is 17.7 Å². The molecule has 2 aliphatic heterocycles. The minimum Gasteiger partial charge on any atom is -0.397 e. The summed E-state index contributed by atoms with van der Waals surface area (Å²) in [6, 6.07) is 4.31. The van der Waals surface area contributed by atoms with E-state index in [1.807, 2.05) is 12.1 Å². The first kappa shape index (κ1) is 13.2. The lowest BCUT2D eigenvalue weighted by Crippen LogP contribution is -2.32. The average molecular weight is 275 g/mol. The van der Waals surface area contributed by atoms with Crippen molar-refractivity contribution in [1.29, 1.82) is 0 Å². The second-order valence-electron chi connectivity index (χ2n) is 5.69. The van der Waals surface area contributed by atoms with E-state index < -0.39 is 0 Å². The lowest BCUT2D eigenvalue weighted by Gasteiger charge is -2.29. The predicted molar refractivity (Wildman–Crippen MR) is 79.9 cm³/mol. The Balaban J connectivity index is 1.79. The van der Waals surface area contributed by atoms with Gasteiger partial charge in [0.25, 0.3) is 0 Å². The smallest absolute Gasteiger partial charge is 0.224 e. The van der Waals surface area contributed by atoms with Crippen LogP contribution in [0.15, 0.2) is 12.1 Å². The van der Waals surface area contributed by atoms with Gasteiger partial charge in [0, 0.05) is 24.8 Å². The van der Waals surface area contributed by atoms with E-state index >= 15 is 0 Å². The van der Waals surface area contributed by atoms with Crippen molar-refractivity contribution in [3.63, 3.8) is 0 Å². The number of hydrogen-bond acceptors (Lipinski definition) is 4. The molecule has 1 fully saturated rings. The first-order valence-corrected chi connectivity index (χ1v) is 7.22. The molecule has 1 amide bonds. The van der Waals surface area contributed by atoms with E-state index in [0.717, 1.165) is 48.5 Å². The van der Waals surface area contributed by atoms with Gasteiger partial charge in [-0.3, -0.25) is 4.79 Å². The van der Waals surface area contributed by atoms with E-state index in [9.17, 15) is 4.79 Å². The molecule has 0 saturated carbocycles. The number of rotatable bonds is 2. The summed E-state index contributed by atoms with van der Waals surface area (Å²) in [4.78, 5) is 11.5. The van der Waals surface area contributed by atoms with Crippen molar-refractivity contribution in [1.82, 2.24) is 0 Å². The quantitative estimate of drug-likeness (QED) is 0.723. The standard InChI is InChI=1S/C15H21N3O2/c1-9-6-11(4-5-20-9)17-14-8-13-10(7-12(14)16)2-3-15(19)18-13/h7-9,11,17H,2-6,16H2,1H3,(H,18,19). The Kier molecular flexibility index (Phi) is 3.53. The molecule has 4 N–H and O–H groups in total. The predicted octanol–water partition coefficient (Wildman–Crippen LogP) is 2.13. The van der Waals surface area contributed by atoms with Gasteiger partial charge in [-0.1, -0.05) is 0 Å². The third kappa shape index (κ3) is 2.72. The van der Waals surface area contributed by atoms with Crippen LogP contribution in [0.25, 0.3) is 0 Å². The number of nitrogens with two attached hydrogens (primary N) is 1.